The Bertz CT molecular complexity index is 405. The molecule has 0 unspecified atom stereocenters. The fraction of sp³-hybridized carbons (Fsp3) is 0.500. The predicted molar refractivity (Wildman–Crippen MR) is 70.8 cm³/mol. The average molecular weight is 237 g/mol. The minimum absolute atomic E-state index is 0.144. The number of nitro benzene ring substituents is 1. The summed E-state index contributed by atoms with van der Waals surface area (Å²) in [6, 6.07) is 5.57. The Labute approximate surface area is 102 Å². The lowest BCUT2D eigenvalue weighted by atomic mass is 10.2. The van der Waals surface area contributed by atoms with Crippen LogP contribution in [0.25, 0.3) is 0 Å². The summed E-state index contributed by atoms with van der Waals surface area (Å²) in [5.74, 6) is 0. The van der Waals surface area contributed by atoms with E-state index in [9.17, 15) is 10.1 Å². The second kappa shape index (κ2) is 5.52. The Morgan fingerprint density at radius 2 is 2.12 bits per heavy atom. The van der Waals surface area contributed by atoms with Crippen LogP contribution in [0.15, 0.2) is 18.2 Å². The van der Waals surface area contributed by atoms with Gasteiger partial charge in [0, 0.05) is 19.6 Å². The van der Waals surface area contributed by atoms with Gasteiger partial charge in [-0.2, -0.15) is 0 Å². The lowest BCUT2D eigenvalue weighted by Crippen LogP contribution is -2.31. The highest BCUT2D eigenvalue weighted by molar-refractivity contribution is 5.77. The quantitative estimate of drug-likeness (QED) is 0.632. The van der Waals surface area contributed by atoms with Crippen molar-refractivity contribution in [2.24, 2.45) is 0 Å². The number of benzene rings is 1. The minimum Gasteiger partial charge on any atom is -0.382 e. The second-order valence-electron chi connectivity index (χ2n) is 4.06. The van der Waals surface area contributed by atoms with Gasteiger partial charge in [0.05, 0.1) is 4.92 Å². The summed E-state index contributed by atoms with van der Waals surface area (Å²) >= 11 is 0. The fourth-order valence-electron chi connectivity index (χ4n) is 1.97. The zero-order chi connectivity index (χ0) is 13.0. The van der Waals surface area contributed by atoms with Crippen molar-refractivity contribution in [1.29, 1.82) is 0 Å². The highest BCUT2D eigenvalue weighted by atomic mass is 16.6. The number of hydrogen-bond donors (Lipinski definition) is 1. The van der Waals surface area contributed by atoms with Crippen molar-refractivity contribution in [3.05, 3.63) is 28.3 Å². The first-order chi connectivity index (χ1) is 8.02. The molecule has 1 aromatic carbocycles. The number of rotatable bonds is 5. The molecule has 0 spiro atoms. The first kappa shape index (κ1) is 13.3. The van der Waals surface area contributed by atoms with E-state index < -0.39 is 0 Å². The molecule has 5 heteroatoms. The highest BCUT2D eigenvalue weighted by Crippen LogP contribution is 2.35. The normalized spacial score (nSPS) is 10.4. The van der Waals surface area contributed by atoms with E-state index in [-0.39, 0.29) is 16.7 Å². The first-order valence-electron chi connectivity index (χ1n) is 5.74. The molecule has 1 N–H and O–H groups in total. The number of hydrogen-bond acceptors (Lipinski definition) is 4. The molecule has 5 nitrogen and oxygen atoms in total. The molecule has 0 atom stereocenters. The Morgan fingerprint density at radius 1 is 1.47 bits per heavy atom. The van der Waals surface area contributed by atoms with Crippen LogP contribution in [0.1, 0.15) is 20.8 Å². The zero-order valence-electron chi connectivity index (χ0n) is 10.7. The zero-order valence-corrected chi connectivity index (χ0v) is 10.7. The maximum atomic E-state index is 11.2. The van der Waals surface area contributed by atoms with Crippen molar-refractivity contribution in [2.45, 2.75) is 26.8 Å². The van der Waals surface area contributed by atoms with Crippen LogP contribution in [-0.4, -0.2) is 24.6 Å². The monoisotopic (exact) mass is 237 g/mol. The molecule has 0 saturated heterocycles. The number of anilines is 2. The molecular formula is C12H19N3O2. The molecule has 0 heterocycles. The average Bonchev–Trinajstić information content (AvgIpc) is 2.28. The predicted octanol–water partition coefficient (Wildman–Crippen LogP) is 2.87. The summed E-state index contributed by atoms with van der Waals surface area (Å²) in [6.45, 7) is 6.79. The second-order valence-corrected chi connectivity index (χ2v) is 4.06. The van der Waals surface area contributed by atoms with Gasteiger partial charge in [0.1, 0.15) is 11.4 Å². The van der Waals surface area contributed by atoms with Gasteiger partial charge in [-0.1, -0.05) is 6.07 Å². The summed E-state index contributed by atoms with van der Waals surface area (Å²) in [5.41, 5.74) is 1.36. The number of para-hydroxylation sites is 1. The molecule has 94 valence electrons. The third-order valence-corrected chi connectivity index (χ3v) is 2.74. The molecule has 0 fully saturated rings. The topological polar surface area (TPSA) is 58.4 Å². The van der Waals surface area contributed by atoms with Crippen LogP contribution in [0.2, 0.25) is 0 Å². The van der Waals surface area contributed by atoms with Crippen LogP contribution in [0.5, 0.6) is 0 Å². The molecule has 0 bridgehead atoms. The smallest absolute Gasteiger partial charge is 0.315 e. The van der Waals surface area contributed by atoms with Crippen LogP contribution >= 0.6 is 0 Å². The summed E-state index contributed by atoms with van der Waals surface area (Å²) in [4.78, 5) is 12.9. The SMILES string of the molecule is CCN(c1cccc(NC)c1[N+](=O)[O-])C(C)C. The minimum atomic E-state index is -0.327. The number of nitrogens with one attached hydrogen (secondary N) is 1. The van der Waals surface area contributed by atoms with Gasteiger partial charge in [-0.15, -0.1) is 0 Å². The number of nitro groups is 1. The maximum absolute atomic E-state index is 11.2. The molecular weight excluding hydrogens is 218 g/mol. The van der Waals surface area contributed by atoms with Crippen molar-refractivity contribution in [3.8, 4) is 0 Å². The Kier molecular flexibility index (Phi) is 4.31. The van der Waals surface area contributed by atoms with Crippen molar-refractivity contribution in [3.63, 3.8) is 0 Å². The van der Waals surface area contributed by atoms with Gasteiger partial charge in [-0.05, 0) is 32.9 Å². The molecule has 0 aromatic heterocycles. The van der Waals surface area contributed by atoms with Crippen molar-refractivity contribution < 1.29 is 4.92 Å². The summed E-state index contributed by atoms with van der Waals surface area (Å²) < 4.78 is 0. The van der Waals surface area contributed by atoms with E-state index in [1.807, 2.05) is 31.7 Å². The lowest BCUT2D eigenvalue weighted by molar-refractivity contribution is -0.383. The van der Waals surface area contributed by atoms with E-state index in [0.29, 0.717) is 11.4 Å². The van der Waals surface area contributed by atoms with E-state index in [1.54, 1.807) is 19.2 Å². The van der Waals surface area contributed by atoms with Crippen molar-refractivity contribution in [1.82, 2.24) is 0 Å². The summed E-state index contributed by atoms with van der Waals surface area (Å²) in [5, 5.41) is 14.1. The molecule has 0 radical (unpaired) electrons. The van der Waals surface area contributed by atoms with Gasteiger partial charge in [-0.3, -0.25) is 10.1 Å². The van der Waals surface area contributed by atoms with Crippen molar-refractivity contribution in [2.75, 3.05) is 23.8 Å². The number of nitrogens with zero attached hydrogens (tertiary/aromatic N) is 2. The van der Waals surface area contributed by atoms with Crippen LogP contribution < -0.4 is 10.2 Å². The summed E-state index contributed by atoms with van der Waals surface area (Å²) in [6.07, 6.45) is 0. The third-order valence-electron chi connectivity index (χ3n) is 2.74. The Hall–Kier alpha value is -1.78. The molecule has 1 rings (SSSR count). The molecule has 0 aliphatic heterocycles. The van der Waals surface area contributed by atoms with E-state index in [4.69, 9.17) is 0 Å². The van der Waals surface area contributed by atoms with Crippen LogP contribution in [0, 0.1) is 10.1 Å². The van der Waals surface area contributed by atoms with E-state index >= 15 is 0 Å². The Morgan fingerprint density at radius 3 is 2.53 bits per heavy atom. The third kappa shape index (κ3) is 2.67. The van der Waals surface area contributed by atoms with Gasteiger partial charge >= 0.3 is 5.69 Å². The van der Waals surface area contributed by atoms with Gasteiger partial charge < -0.3 is 10.2 Å². The summed E-state index contributed by atoms with van der Waals surface area (Å²) in [7, 11) is 1.69. The molecule has 0 aliphatic carbocycles. The van der Waals surface area contributed by atoms with Crippen LogP contribution in [0.4, 0.5) is 17.1 Å². The van der Waals surface area contributed by atoms with Crippen LogP contribution in [0.3, 0.4) is 0 Å². The Balaban J connectivity index is 3.36. The van der Waals surface area contributed by atoms with E-state index in [2.05, 4.69) is 5.32 Å². The van der Waals surface area contributed by atoms with Crippen LogP contribution in [-0.2, 0) is 0 Å². The maximum Gasteiger partial charge on any atom is 0.315 e. The first-order valence-corrected chi connectivity index (χ1v) is 5.74. The molecule has 1 aromatic rings. The molecule has 0 saturated carbocycles. The molecule has 0 amide bonds. The lowest BCUT2D eigenvalue weighted by Gasteiger charge is -2.27. The van der Waals surface area contributed by atoms with Gasteiger partial charge in [0.2, 0.25) is 0 Å². The van der Waals surface area contributed by atoms with E-state index in [1.165, 1.54) is 0 Å². The highest BCUT2D eigenvalue weighted by Gasteiger charge is 2.23. The molecule has 17 heavy (non-hydrogen) atoms. The van der Waals surface area contributed by atoms with E-state index in [0.717, 1.165) is 6.54 Å². The molecule has 0 aliphatic rings. The van der Waals surface area contributed by atoms with Gasteiger partial charge in [0.25, 0.3) is 0 Å². The standard InChI is InChI=1S/C12H19N3O2/c1-5-14(9(2)3)11-8-6-7-10(13-4)12(11)15(16)17/h6-9,13H,5H2,1-4H3. The fourth-order valence-corrected chi connectivity index (χ4v) is 1.97. The largest absolute Gasteiger partial charge is 0.382 e. The van der Waals surface area contributed by atoms with Crippen molar-refractivity contribution >= 4 is 17.1 Å². The van der Waals surface area contributed by atoms with Gasteiger partial charge in [0.15, 0.2) is 0 Å². The van der Waals surface area contributed by atoms with Gasteiger partial charge in [-0.25, -0.2) is 0 Å².